The van der Waals surface area contributed by atoms with Crippen molar-refractivity contribution < 1.29 is 17.6 Å². The van der Waals surface area contributed by atoms with Gasteiger partial charge in [-0.3, -0.25) is 14.0 Å². The van der Waals surface area contributed by atoms with Gasteiger partial charge in [0.25, 0.3) is 5.91 Å². The first-order chi connectivity index (χ1) is 16.8. The minimum atomic E-state index is -3.71. The van der Waals surface area contributed by atoms with E-state index in [1.54, 1.807) is 30.3 Å². The summed E-state index contributed by atoms with van der Waals surface area (Å²) in [6, 6.07) is 20.6. The first kappa shape index (κ1) is 24.9. The summed E-state index contributed by atoms with van der Waals surface area (Å²) in [5.41, 5.74) is 3.43. The average Bonchev–Trinajstić information content (AvgIpc) is 3.35. The van der Waals surface area contributed by atoms with Crippen LogP contribution in [0, 0.1) is 5.82 Å². The monoisotopic (exact) mass is 495 g/mol. The number of rotatable bonds is 9. The number of para-hydroxylation sites is 1. The molecule has 0 radical (unpaired) electrons. The van der Waals surface area contributed by atoms with E-state index in [0.29, 0.717) is 17.7 Å². The Kier molecular flexibility index (Phi) is 7.83. The smallest absolute Gasteiger partial charge is 0.251 e. The quantitative estimate of drug-likeness (QED) is 0.480. The number of hydrogen-bond acceptors (Lipinski definition) is 4. The predicted molar refractivity (Wildman–Crippen MR) is 136 cm³/mol. The zero-order valence-electron chi connectivity index (χ0n) is 19.8. The summed E-state index contributed by atoms with van der Waals surface area (Å²) in [4.78, 5) is 15.2. The van der Waals surface area contributed by atoms with Gasteiger partial charge in [-0.1, -0.05) is 48.5 Å². The molecule has 0 atom stereocenters. The number of carbonyl (C=O) groups excluding carboxylic acids is 1. The number of amides is 1. The standard InChI is InChI=1S/C27H30FN3O3S/c1-35(33,34)31(26-11-5-4-10-25(26)28)19-21-12-14-22(15-13-21)27(32)29-18-23-8-2-3-9-24(23)20-30-16-6-7-17-30/h2-5,8-15H,6-7,16-20H2,1H3,(H,29,32). The van der Waals surface area contributed by atoms with Crippen molar-refractivity contribution in [3.63, 3.8) is 0 Å². The van der Waals surface area contributed by atoms with E-state index in [0.717, 1.165) is 35.8 Å². The Morgan fingerprint density at radius 3 is 2.23 bits per heavy atom. The summed E-state index contributed by atoms with van der Waals surface area (Å²) in [6.45, 7) is 3.51. The van der Waals surface area contributed by atoms with E-state index < -0.39 is 15.8 Å². The van der Waals surface area contributed by atoms with Gasteiger partial charge in [-0.15, -0.1) is 0 Å². The highest BCUT2D eigenvalue weighted by Gasteiger charge is 2.21. The Morgan fingerprint density at radius 1 is 0.943 bits per heavy atom. The molecule has 6 nitrogen and oxygen atoms in total. The number of sulfonamides is 1. The maximum atomic E-state index is 14.2. The number of anilines is 1. The molecule has 1 heterocycles. The van der Waals surface area contributed by atoms with Crippen LogP contribution in [-0.4, -0.2) is 38.6 Å². The second kappa shape index (κ2) is 11.0. The summed E-state index contributed by atoms with van der Waals surface area (Å²) in [5.74, 6) is -0.819. The Labute approximate surface area is 206 Å². The van der Waals surface area contributed by atoms with Crippen molar-refractivity contribution in [3.05, 3.63) is 101 Å². The summed E-state index contributed by atoms with van der Waals surface area (Å²) in [7, 11) is -3.71. The number of hydrogen-bond donors (Lipinski definition) is 1. The van der Waals surface area contributed by atoms with Gasteiger partial charge in [-0.05, 0) is 66.9 Å². The van der Waals surface area contributed by atoms with Gasteiger partial charge in [-0.25, -0.2) is 12.8 Å². The molecule has 4 rings (SSSR count). The van der Waals surface area contributed by atoms with Gasteiger partial charge in [-0.2, -0.15) is 0 Å². The number of nitrogens with zero attached hydrogens (tertiary/aromatic N) is 2. The molecule has 0 unspecified atom stereocenters. The number of benzene rings is 3. The molecule has 184 valence electrons. The molecular weight excluding hydrogens is 465 g/mol. The fourth-order valence-corrected chi connectivity index (χ4v) is 5.19. The predicted octanol–water partition coefficient (Wildman–Crippen LogP) is 4.32. The summed E-state index contributed by atoms with van der Waals surface area (Å²) >= 11 is 0. The van der Waals surface area contributed by atoms with Gasteiger partial charge in [0, 0.05) is 18.7 Å². The van der Waals surface area contributed by atoms with E-state index in [1.165, 1.54) is 36.6 Å². The largest absolute Gasteiger partial charge is 0.348 e. The summed E-state index contributed by atoms with van der Waals surface area (Å²) in [5, 5.41) is 2.99. The van der Waals surface area contributed by atoms with E-state index in [4.69, 9.17) is 0 Å². The molecule has 0 saturated carbocycles. The van der Waals surface area contributed by atoms with Crippen molar-refractivity contribution in [1.82, 2.24) is 10.2 Å². The van der Waals surface area contributed by atoms with Crippen LogP contribution in [0.15, 0.2) is 72.8 Å². The van der Waals surface area contributed by atoms with Crippen molar-refractivity contribution in [1.29, 1.82) is 0 Å². The van der Waals surface area contributed by atoms with Crippen LogP contribution < -0.4 is 9.62 Å². The summed E-state index contributed by atoms with van der Waals surface area (Å²) < 4.78 is 39.9. The fraction of sp³-hybridized carbons (Fsp3) is 0.296. The normalized spacial score (nSPS) is 14.1. The molecule has 3 aromatic carbocycles. The number of likely N-dealkylation sites (tertiary alicyclic amines) is 1. The second-order valence-corrected chi connectivity index (χ2v) is 10.8. The first-order valence-corrected chi connectivity index (χ1v) is 13.5. The fourth-order valence-electron chi connectivity index (χ4n) is 4.31. The molecule has 0 aliphatic carbocycles. The second-order valence-electron chi connectivity index (χ2n) is 8.85. The maximum absolute atomic E-state index is 14.2. The molecule has 1 amide bonds. The van der Waals surface area contributed by atoms with Crippen LogP contribution in [0.25, 0.3) is 0 Å². The molecule has 0 spiro atoms. The van der Waals surface area contributed by atoms with Gasteiger partial charge in [0.15, 0.2) is 0 Å². The third-order valence-electron chi connectivity index (χ3n) is 6.21. The molecule has 8 heteroatoms. The van der Waals surface area contributed by atoms with E-state index in [-0.39, 0.29) is 18.1 Å². The third kappa shape index (κ3) is 6.46. The molecule has 1 aliphatic heterocycles. The van der Waals surface area contributed by atoms with Gasteiger partial charge < -0.3 is 5.32 Å². The van der Waals surface area contributed by atoms with Crippen LogP contribution in [-0.2, 0) is 29.7 Å². The Balaban J connectivity index is 1.41. The highest BCUT2D eigenvalue weighted by Crippen LogP contribution is 2.24. The molecule has 3 aromatic rings. The molecule has 1 N–H and O–H groups in total. The van der Waals surface area contributed by atoms with Crippen molar-refractivity contribution in [2.75, 3.05) is 23.7 Å². The van der Waals surface area contributed by atoms with Crippen LogP contribution in [0.1, 0.15) is 39.9 Å². The van der Waals surface area contributed by atoms with Crippen LogP contribution in [0.2, 0.25) is 0 Å². The molecule has 0 aromatic heterocycles. The lowest BCUT2D eigenvalue weighted by molar-refractivity contribution is 0.0950. The van der Waals surface area contributed by atoms with E-state index in [1.807, 2.05) is 18.2 Å². The van der Waals surface area contributed by atoms with E-state index in [9.17, 15) is 17.6 Å². The number of halogens is 1. The van der Waals surface area contributed by atoms with Crippen LogP contribution >= 0.6 is 0 Å². The Hall–Kier alpha value is -3.23. The molecule has 0 bridgehead atoms. The molecule has 1 aliphatic rings. The van der Waals surface area contributed by atoms with Crippen molar-refractivity contribution >= 4 is 21.6 Å². The zero-order valence-corrected chi connectivity index (χ0v) is 20.6. The van der Waals surface area contributed by atoms with Crippen molar-refractivity contribution in [2.45, 2.75) is 32.5 Å². The van der Waals surface area contributed by atoms with Gasteiger partial charge in [0.1, 0.15) is 5.82 Å². The summed E-state index contributed by atoms with van der Waals surface area (Å²) in [6.07, 6.45) is 3.51. The number of nitrogens with one attached hydrogen (secondary N) is 1. The molecule has 1 fully saturated rings. The van der Waals surface area contributed by atoms with E-state index in [2.05, 4.69) is 16.3 Å². The van der Waals surface area contributed by atoms with Gasteiger partial charge >= 0.3 is 0 Å². The van der Waals surface area contributed by atoms with Crippen molar-refractivity contribution in [2.24, 2.45) is 0 Å². The SMILES string of the molecule is CS(=O)(=O)N(Cc1ccc(C(=O)NCc2ccccc2CN2CCCC2)cc1)c1ccccc1F. The van der Waals surface area contributed by atoms with Crippen LogP contribution in [0.5, 0.6) is 0 Å². The van der Waals surface area contributed by atoms with E-state index >= 15 is 0 Å². The number of carbonyl (C=O) groups is 1. The molecular formula is C27H30FN3O3S. The minimum absolute atomic E-state index is 0.00980. The maximum Gasteiger partial charge on any atom is 0.251 e. The zero-order chi connectivity index (χ0) is 24.8. The molecule has 35 heavy (non-hydrogen) atoms. The lowest BCUT2D eigenvalue weighted by Crippen LogP contribution is -2.30. The first-order valence-electron chi connectivity index (χ1n) is 11.7. The minimum Gasteiger partial charge on any atom is -0.348 e. The van der Waals surface area contributed by atoms with Gasteiger partial charge in [0.05, 0.1) is 18.5 Å². The van der Waals surface area contributed by atoms with Crippen LogP contribution in [0.4, 0.5) is 10.1 Å². The molecule has 1 saturated heterocycles. The van der Waals surface area contributed by atoms with Crippen LogP contribution in [0.3, 0.4) is 0 Å². The Morgan fingerprint density at radius 2 is 1.57 bits per heavy atom. The highest BCUT2D eigenvalue weighted by molar-refractivity contribution is 7.92. The van der Waals surface area contributed by atoms with Gasteiger partial charge in [0.2, 0.25) is 10.0 Å². The third-order valence-corrected chi connectivity index (χ3v) is 7.34. The highest BCUT2D eigenvalue weighted by atomic mass is 32.2. The lowest BCUT2D eigenvalue weighted by Gasteiger charge is -2.23. The lowest BCUT2D eigenvalue weighted by atomic mass is 10.1. The average molecular weight is 496 g/mol. The topological polar surface area (TPSA) is 69.7 Å². The Bertz CT molecular complexity index is 1270. The van der Waals surface area contributed by atoms with Crippen molar-refractivity contribution in [3.8, 4) is 0 Å².